The Morgan fingerprint density at radius 3 is 2.54 bits per heavy atom. The Kier molecular flexibility index (Phi) is 4.97. The molecular weight excluding hydrogens is 323 g/mol. The molecule has 2 aromatic carbocycles. The average molecular weight is 338 g/mol. The molecule has 120 valence electrons. The van der Waals surface area contributed by atoms with Crippen LogP contribution >= 0.6 is 11.8 Å². The van der Waals surface area contributed by atoms with Gasteiger partial charge in [0.25, 0.3) is 0 Å². The molecule has 0 unspecified atom stereocenters. The summed E-state index contributed by atoms with van der Waals surface area (Å²) in [6.07, 6.45) is 0.198. The second-order valence-electron chi connectivity index (χ2n) is 5.49. The van der Waals surface area contributed by atoms with Crippen molar-refractivity contribution in [2.75, 3.05) is 0 Å². The Hall–Kier alpha value is -2.58. The van der Waals surface area contributed by atoms with Gasteiger partial charge in [-0.2, -0.15) is 5.26 Å². The minimum Gasteiger partial charge on any atom is -0.320 e. The summed E-state index contributed by atoms with van der Waals surface area (Å²) in [5.41, 5.74) is 2.42. The fourth-order valence-electron chi connectivity index (χ4n) is 2.64. The van der Waals surface area contributed by atoms with Gasteiger partial charge in [0, 0.05) is 18.1 Å². The minimum absolute atomic E-state index is 0.126. The van der Waals surface area contributed by atoms with Crippen molar-refractivity contribution in [3.8, 4) is 6.07 Å². The fourth-order valence-corrected chi connectivity index (χ4v) is 3.68. The van der Waals surface area contributed by atoms with E-state index in [1.165, 1.54) is 23.9 Å². The van der Waals surface area contributed by atoms with Crippen molar-refractivity contribution >= 4 is 17.7 Å². The number of halogens is 1. The van der Waals surface area contributed by atoms with Crippen molar-refractivity contribution in [3.63, 3.8) is 0 Å². The normalized spacial score (nSPS) is 17.3. The van der Waals surface area contributed by atoms with E-state index in [0.717, 1.165) is 11.1 Å². The third kappa shape index (κ3) is 3.66. The maximum absolute atomic E-state index is 13.1. The van der Waals surface area contributed by atoms with Crippen molar-refractivity contribution in [1.82, 2.24) is 5.32 Å². The molecular formula is C19H15FN2OS. The van der Waals surface area contributed by atoms with Gasteiger partial charge in [0.15, 0.2) is 0 Å². The van der Waals surface area contributed by atoms with Gasteiger partial charge in [-0.1, -0.05) is 42.5 Å². The molecule has 3 rings (SSSR count). The molecule has 0 aromatic heterocycles. The van der Waals surface area contributed by atoms with Crippen LogP contribution in [0.2, 0.25) is 0 Å². The first-order chi connectivity index (χ1) is 11.7. The van der Waals surface area contributed by atoms with Crippen molar-refractivity contribution in [1.29, 1.82) is 5.26 Å². The number of hydrogen-bond acceptors (Lipinski definition) is 3. The lowest BCUT2D eigenvalue weighted by atomic mass is 9.87. The van der Waals surface area contributed by atoms with Crippen LogP contribution in [0.3, 0.4) is 0 Å². The van der Waals surface area contributed by atoms with Gasteiger partial charge in [0.1, 0.15) is 5.82 Å². The predicted octanol–water partition coefficient (Wildman–Crippen LogP) is 4.10. The second-order valence-corrected chi connectivity index (χ2v) is 6.47. The van der Waals surface area contributed by atoms with Crippen LogP contribution in [0, 0.1) is 17.1 Å². The fraction of sp³-hybridized carbons (Fsp3) is 0.158. The monoisotopic (exact) mass is 338 g/mol. The Labute approximate surface area is 144 Å². The van der Waals surface area contributed by atoms with E-state index in [9.17, 15) is 14.4 Å². The highest BCUT2D eigenvalue weighted by Crippen LogP contribution is 2.36. The molecule has 1 amide bonds. The Balaban J connectivity index is 1.88. The molecule has 5 heteroatoms. The van der Waals surface area contributed by atoms with E-state index in [2.05, 4.69) is 11.4 Å². The quantitative estimate of drug-likeness (QED) is 0.913. The van der Waals surface area contributed by atoms with Crippen LogP contribution < -0.4 is 5.32 Å². The molecule has 0 bridgehead atoms. The number of amides is 1. The van der Waals surface area contributed by atoms with Crippen LogP contribution in [0.1, 0.15) is 23.5 Å². The summed E-state index contributed by atoms with van der Waals surface area (Å²) in [5, 5.41) is 13.0. The lowest BCUT2D eigenvalue weighted by molar-refractivity contribution is -0.120. The third-order valence-corrected chi connectivity index (χ3v) is 4.94. The zero-order chi connectivity index (χ0) is 16.9. The summed E-state index contributed by atoms with van der Waals surface area (Å²) < 4.78 is 13.1. The Morgan fingerprint density at radius 2 is 1.88 bits per heavy atom. The van der Waals surface area contributed by atoms with E-state index >= 15 is 0 Å². The average Bonchev–Trinajstić information content (AvgIpc) is 2.61. The van der Waals surface area contributed by atoms with E-state index in [1.807, 2.05) is 30.3 Å². The third-order valence-electron chi connectivity index (χ3n) is 3.85. The molecule has 0 fully saturated rings. The number of thioether (sulfide) groups is 1. The first-order valence-corrected chi connectivity index (χ1v) is 8.52. The number of nitriles is 1. The van der Waals surface area contributed by atoms with Crippen LogP contribution in [-0.4, -0.2) is 5.91 Å². The van der Waals surface area contributed by atoms with Gasteiger partial charge in [-0.3, -0.25) is 4.79 Å². The van der Waals surface area contributed by atoms with Gasteiger partial charge >= 0.3 is 0 Å². The van der Waals surface area contributed by atoms with Crippen molar-refractivity contribution < 1.29 is 9.18 Å². The lowest BCUT2D eigenvalue weighted by Gasteiger charge is -2.25. The molecule has 0 radical (unpaired) electrons. The maximum atomic E-state index is 13.1. The predicted molar refractivity (Wildman–Crippen MR) is 92.3 cm³/mol. The lowest BCUT2D eigenvalue weighted by Crippen LogP contribution is -2.30. The molecule has 1 N–H and O–H groups in total. The number of hydrogen-bond donors (Lipinski definition) is 1. The van der Waals surface area contributed by atoms with Crippen LogP contribution in [0.4, 0.5) is 4.39 Å². The number of nitrogens with one attached hydrogen (secondary N) is 1. The molecule has 0 saturated carbocycles. The molecule has 0 spiro atoms. The smallest absolute Gasteiger partial charge is 0.225 e. The number of rotatable bonds is 4. The number of benzene rings is 2. The van der Waals surface area contributed by atoms with Crippen LogP contribution in [0.15, 0.2) is 65.2 Å². The summed E-state index contributed by atoms with van der Waals surface area (Å²) in [7, 11) is 0. The number of allylic oxidation sites excluding steroid dienone is 1. The SMILES string of the molecule is N#CC1=C(SCc2ccccc2)NC(=O)C[C@@H]1c1ccc(F)cc1. The van der Waals surface area contributed by atoms with Crippen molar-refractivity contribution in [2.24, 2.45) is 0 Å². The molecule has 1 aliphatic rings. The highest BCUT2D eigenvalue weighted by Gasteiger charge is 2.29. The molecule has 24 heavy (non-hydrogen) atoms. The zero-order valence-electron chi connectivity index (χ0n) is 12.8. The van der Waals surface area contributed by atoms with Crippen LogP contribution in [-0.2, 0) is 10.5 Å². The molecule has 0 aliphatic carbocycles. The summed E-state index contributed by atoms with van der Waals surface area (Å²) in [6, 6.07) is 18.1. The molecule has 1 atom stereocenters. The highest BCUT2D eigenvalue weighted by atomic mass is 32.2. The highest BCUT2D eigenvalue weighted by molar-refractivity contribution is 8.02. The van der Waals surface area contributed by atoms with Crippen LogP contribution in [0.5, 0.6) is 0 Å². The van der Waals surface area contributed by atoms with E-state index in [-0.39, 0.29) is 24.1 Å². The molecule has 3 nitrogen and oxygen atoms in total. The summed E-state index contributed by atoms with van der Waals surface area (Å²) in [5.74, 6) is -0.126. The van der Waals surface area contributed by atoms with E-state index in [1.54, 1.807) is 12.1 Å². The van der Waals surface area contributed by atoms with Crippen LogP contribution in [0.25, 0.3) is 0 Å². The molecule has 0 saturated heterocycles. The zero-order valence-corrected chi connectivity index (χ0v) is 13.6. The molecule has 2 aromatic rings. The second kappa shape index (κ2) is 7.33. The molecule has 1 aliphatic heterocycles. The van der Waals surface area contributed by atoms with E-state index < -0.39 is 0 Å². The topological polar surface area (TPSA) is 52.9 Å². The minimum atomic E-state index is -0.333. The molecule has 1 heterocycles. The standard InChI is InChI=1S/C19H15FN2OS/c20-15-8-6-14(7-9-15)16-10-18(23)22-19(17(16)11-21)24-12-13-4-2-1-3-5-13/h1-9,16H,10,12H2,(H,22,23)/t16-/m1/s1. The van der Waals surface area contributed by atoms with Crippen molar-refractivity contribution in [2.45, 2.75) is 18.1 Å². The summed E-state index contributed by atoms with van der Waals surface area (Å²) in [4.78, 5) is 12.1. The van der Waals surface area contributed by atoms with E-state index in [4.69, 9.17) is 0 Å². The summed E-state index contributed by atoms with van der Waals surface area (Å²) in [6.45, 7) is 0. The Bertz CT molecular complexity index is 810. The number of carbonyl (C=O) groups is 1. The first kappa shape index (κ1) is 16.3. The van der Waals surface area contributed by atoms with Gasteiger partial charge in [-0.25, -0.2) is 4.39 Å². The number of nitrogens with zero attached hydrogens (tertiary/aromatic N) is 1. The van der Waals surface area contributed by atoms with Gasteiger partial charge in [-0.15, -0.1) is 11.8 Å². The number of carbonyl (C=O) groups excluding carboxylic acids is 1. The van der Waals surface area contributed by atoms with Crippen molar-refractivity contribution in [3.05, 3.63) is 82.1 Å². The van der Waals surface area contributed by atoms with E-state index in [0.29, 0.717) is 16.4 Å². The van der Waals surface area contributed by atoms with Gasteiger partial charge < -0.3 is 5.32 Å². The van der Waals surface area contributed by atoms with Gasteiger partial charge in [0.05, 0.1) is 16.7 Å². The van der Waals surface area contributed by atoms with Gasteiger partial charge in [-0.05, 0) is 23.3 Å². The first-order valence-electron chi connectivity index (χ1n) is 7.53. The summed E-state index contributed by atoms with van der Waals surface area (Å²) >= 11 is 1.44. The van der Waals surface area contributed by atoms with Gasteiger partial charge in [0.2, 0.25) is 5.91 Å². The maximum Gasteiger partial charge on any atom is 0.225 e. The Morgan fingerprint density at radius 1 is 1.17 bits per heavy atom. The largest absolute Gasteiger partial charge is 0.320 e.